The third-order valence-corrected chi connectivity index (χ3v) is 5.79. The fraction of sp³-hybridized carbons (Fsp3) is 0.400. The summed E-state index contributed by atoms with van der Waals surface area (Å²) in [5, 5.41) is 2.73. The molecule has 0 radical (unpaired) electrons. The molecular formula is C35H44F3NO5. The van der Waals surface area contributed by atoms with Crippen LogP contribution in [0.25, 0.3) is 0 Å². The number of benzene rings is 1. The Hall–Kier alpha value is -4.14. The topological polar surface area (TPSA) is 81.7 Å². The molecule has 0 bridgehead atoms. The van der Waals surface area contributed by atoms with Crippen molar-refractivity contribution in [1.82, 2.24) is 5.32 Å². The minimum Gasteiger partial charge on any atom is -0.462 e. The highest BCUT2D eigenvalue weighted by Gasteiger charge is 2.32. The summed E-state index contributed by atoms with van der Waals surface area (Å²) in [6.07, 6.45) is 27.6. The molecule has 1 N–H and O–H groups in total. The molecule has 0 aliphatic carbocycles. The normalized spacial score (nSPS) is 12.5. The highest BCUT2D eigenvalue weighted by molar-refractivity contribution is 5.93. The summed E-state index contributed by atoms with van der Waals surface area (Å²) in [5.41, 5.74) is -1.36. The number of allylic oxidation sites excluding steroid dienone is 12. The molecule has 0 heterocycles. The zero-order valence-corrected chi connectivity index (χ0v) is 25.6. The van der Waals surface area contributed by atoms with Crippen molar-refractivity contribution in [2.24, 2.45) is 0 Å². The zero-order valence-electron chi connectivity index (χ0n) is 25.6. The summed E-state index contributed by atoms with van der Waals surface area (Å²) in [6.45, 7) is 3.33. The Morgan fingerprint density at radius 3 is 1.82 bits per heavy atom. The van der Waals surface area contributed by atoms with Crippen LogP contribution in [0.3, 0.4) is 0 Å². The second-order valence-corrected chi connectivity index (χ2v) is 9.60. The third-order valence-electron chi connectivity index (χ3n) is 5.79. The highest BCUT2D eigenvalue weighted by atomic mass is 19.4. The van der Waals surface area contributed by atoms with Crippen LogP contribution in [0.5, 0.6) is 5.75 Å². The van der Waals surface area contributed by atoms with E-state index in [0.717, 1.165) is 51.5 Å². The lowest BCUT2D eigenvalue weighted by atomic mass is 10.1. The molecule has 0 fully saturated rings. The Bertz CT molecular complexity index is 1190. The molecule has 1 amide bonds. The first-order chi connectivity index (χ1) is 21.1. The number of ether oxygens (including phenoxy) is 2. The summed E-state index contributed by atoms with van der Waals surface area (Å²) in [5.74, 6) is -2.47. The van der Waals surface area contributed by atoms with Crippen LogP contribution in [0.1, 0.15) is 87.6 Å². The molecule has 6 nitrogen and oxygen atoms in total. The molecular weight excluding hydrogens is 571 g/mol. The fourth-order valence-electron chi connectivity index (χ4n) is 3.59. The van der Waals surface area contributed by atoms with E-state index in [0.29, 0.717) is 31.4 Å². The minimum atomic E-state index is -4.67. The van der Waals surface area contributed by atoms with Gasteiger partial charge in [0, 0.05) is 19.9 Å². The molecule has 1 aromatic carbocycles. The lowest BCUT2D eigenvalue weighted by Crippen LogP contribution is -2.25. The lowest BCUT2D eigenvalue weighted by molar-refractivity contribution is -0.138. The predicted molar refractivity (Wildman–Crippen MR) is 168 cm³/mol. The van der Waals surface area contributed by atoms with E-state index in [9.17, 15) is 27.6 Å². The molecule has 0 aliphatic heterocycles. The van der Waals surface area contributed by atoms with E-state index in [1.54, 1.807) is 0 Å². The summed E-state index contributed by atoms with van der Waals surface area (Å²) in [7, 11) is 0. The van der Waals surface area contributed by atoms with Crippen LogP contribution >= 0.6 is 0 Å². The van der Waals surface area contributed by atoms with Crippen LogP contribution in [0, 0.1) is 0 Å². The van der Waals surface area contributed by atoms with Gasteiger partial charge in [-0.1, -0.05) is 79.8 Å². The van der Waals surface area contributed by atoms with E-state index in [1.165, 1.54) is 0 Å². The van der Waals surface area contributed by atoms with E-state index >= 15 is 0 Å². The van der Waals surface area contributed by atoms with Crippen molar-refractivity contribution in [2.45, 2.75) is 77.8 Å². The van der Waals surface area contributed by atoms with Gasteiger partial charge >= 0.3 is 18.1 Å². The quantitative estimate of drug-likeness (QED) is 0.0686. The van der Waals surface area contributed by atoms with Crippen LogP contribution in [-0.4, -0.2) is 31.0 Å². The van der Waals surface area contributed by atoms with Gasteiger partial charge in [-0.3, -0.25) is 9.59 Å². The van der Waals surface area contributed by atoms with Gasteiger partial charge in [0.15, 0.2) is 0 Å². The maximum atomic E-state index is 12.9. The number of halogens is 3. The van der Waals surface area contributed by atoms with Crippen LogP contribution in [0.2, 0.25) is 0 Å². The van der Waals surface area contributed by atoms with Gasteiger partial charge in [-0.05, 0) is 69.6 Å². The molecule has 9 heteroatoms. The Balaban J connectivity index is 2.16. The van der Waals surface area contributed by atoms with Crippen LogP contribution < -0.4 is 10.1 Å². The summed E-state index contributed by atoms with van der Waals surface area (Å²) >= 11 is 0. The van der Waals surface area contributed by atoms with Crippen molar-refractivity contribution in [1.29, 1.82) is 0 Å². The second kappa shape index (κ2) is 23.3. The maximum Gasteiger partial charge on any atom is 0.416 e. The zero-order chi connectivity index (χ0) is 32.5. The summed E-state index contributed by atoms with van der Waals surface area (Å²) in [4.78, 5) is 35.5. The van der Waals surface area contributed by atoms with Crippen molar-refractivity contribution in [3.8, 4) is 5.75 Å². The Kier molecular flexibility index (Phi) is 20.1. The Morgan fingerprint density at radius 1 is 0.795 bits per heavy atom. The van der Waals surface area contributed by atoms with Crippen molar-refractivity contribution in [2.75, 3.05) is 13.2 Å². The first-order valence-corrected chi connectivity index (χ1v) is 14.9. The van der Waals surface area contributed by atoms with Crippen LogP contribution in [-0.2, 0) is 20.5 Å². The number of hydrogen-bond acceptors (Lipinski definition) is 5. The summed E-state index contributed by atoms with van der Waals surface area (Å²) in [6, 6.07) is 2.19. The average Bonchev–Trinajstić information content (AvgIpc) is 2.97. The molecule has 0 unspecified atom stereocenters. The molecule has 0 atom stereocenters. The Morgan fingerprint density at radius 2 is 1.32 bits per heavy atom. The van der Waals surface area contributed by atoms with Gasteiger partial charge < -0.3 is 14.8 Å². The molecule has 0 aliphatic rings. The van der Waals surface area contributed by atoms with Crippen LogP contribution in [0.4, 0.5) is 13.2 Å². The molecule has 0 aromatic heterocycles. The molecule has 44 heavy (non-hydrogen) atoms. The monoisotopic (exact) mass is 615 g/mol. The lowest BCUT2D eigenvalue weighted by Gasteiger charge is -2.13. The predicted octanol–water partition coefficient (Wildman–Crippen LogP) is 8.77. The van der Waals surface area contributed by atoms with E-state index in [4.69, 9.17) is 9.47 Å². The van der Waals surface area contributed by atoms with Crippen molar-refractivity contribution < 1.29 is 37.0 Å². The molecule has 240 valence electrons. The van der Waals surface area contributed by atoms with Gasteiger partial charge in [0.25, 0.3) is 0 Å². The number of carbonyl (C=O) groups is 3. The number of alkyl halides is 3. The highest BCUT2D eigenvalue weighted by Crippen LogP contribution is 2.33. The largest absolute Gasteiger partial charge is 0.462 e. The number of amides is 1. The van der Waals surface area contributed by atoms with E-state index in [-0.39, 0.29) is 24.6 Å². The number of hydrogen-bond donors (Lipinski definition) is 1. The fourth-order valence-corrected chi connectivity index (χ4v) is 3.59. The van der Waals surface area contributed by atoms with Gasteiger partial charge in [-0.15, -0.1) is 0 Å². The SMILES string of the molecule is CC/C=C\C/C=C\C/C=C\C/C=C\C/C=C\C/C=C\CCC(=O)NCCCOC(=O)c1ccc(C(F)(F)F)cc1OC(C)=O. The van der Waals surface area contributed by atoms with Crippen molar-refractivity contribution in [3.63, 3.8) is 0 Å². The van der Waals surface area contributed by atoms with Gasteiger partial charge in [-0.2, -0.15) is 13.2 Å². The molecule has 0 spiro atoms. The first-order valence-electron chi connectivity index (χ1n) is 14.9. The maximum absolute atomic E-state index is 12.9. The van der Waals surface area contributed by atoms with E-state index in [1.807, 2.05) is 12.2 Å². The van der Waals surface area contributed by atoms with Gasteiger partial charge in [-0.25, -0.2) is 4.79 Å². The molecule has 1 aromatic rings. The average molecular weight is 616 g/mol. The van der Waals surface area contributed by atoms with Gasteiger partial charge in [0.1, 0.15) is 11.3 Å². The third kappa shape index (κ3) is 19.1. The van der Waals surface area contributed by atoms with E-state index < -0.39 is 29.4 Å². The molecule has 1 rings (SSSR count). The number of nitrogens with one attached hydrogen (secondary N) is 1. The second-order valence-electron chi connectivity index (χ2n) is 9.60. The minimum absolute atomic E-state index is 0.0766. The summed E-state index contributed by atoms with van der Waals surface area (Å²) < 4.78 is 48.7. The van der Waals surface area contributed by atoms with Gasteiger partial charge in [0.2, 0.25) is 5.91 Å². The van der Waals surface area contributed by atoms with Crippen LogP contribution in [0.15, 0.2) is 91.1 Å². The van der Waals surface area contributed by atoms with Gasteiger partial charge in [0.05, 0.1) is 12.2 Å². The molecule has 0 saturated heterocycles. The van der Waals surface area contributed by atoms with Crippen molar-refractivity contribution in [3.05, 3.63) is 102 Å². The Labute approximate surface area is 259 Å². The molecule has 0 saturated carbocycles. The standard InChI is InChI=1S/C35H44F3NO5/c1-3-4-5-6-7-8-9-10-11-12-13-14-15-16-17-18-19-20-21-23-33(41)39-26-22-27-43-34(42)31-25-24-30(35(36,37)38)28-32(31)44-29(2)40/h4-5,7-8,10-11,13-14,16-17,19-20,24-25,28H,3,6,9,12,15,18,21-23,26-27H2,1-2H3,(H,39,41)/b5-4-,8-7-,11-10-,14-13-,17-16-,20-19-. The smallest absolute Gasteiger partial charge is 0.416 e. The first kappa shape index (κ1) is 37.9. The number of esters is 2. The van der Waals surface area contributed by atoms with E-state index in [2.05, 4.69) is 73.0 Å². The number of carbonyl (C=O) groups excluding carboxylic acids is 3. The number of rotatable bonds is 20. The van der Waals surface area contributed by atoms with Crippen molar-refractivity contribution >= 4 is 17.8 Å².